The van der Waals surface area contributed by atoms with Crippen LogP contribution in [0.3, 0.4) is 0 Å². The maximum atomic E-state index is 11.7. The molecule has 2 rings (SSSR count). The highest BCUT2D eigenvalue weighted by Crippen LogP contribution is 2.25. The number of hydrogen-bond acceptors (Lipinski definition) is 5. The number of esters is 1. The fourth-order valence-corrected chi connectivity index (χ4v) is 2.62. The van der Waals surface area contributed by atoms with Crippen LogP contribution in [0.15, 0.2) is 35.7 Å². The van der Waals surface area contributed by atoms with Crippen molar-refractivity contribution in [1.29, 1.82) is 5.26 Å². The summed E-state index contributed by atoms with van der Waals surface area (Å²) in [4.78, 5) is 24.1. The molecule has 2 aromatic rings. The number of carbonyl (C=O) groups excluding carboxylic acids is 2. The van der Waals surface area contributed by atoms with Gasteiger partial charge in [0.2, 0.25) is 0 Å². The fraction of sp³-hybridized carbons (Fsp3) is 0.188. The first kappa shape index (κ1) is 17.0. The Kier molecular flexibility index (Phi) is 6.15. The smallest absolute Gasteiger partial charge is 0.311 e. The van der Waals surface area contributed by atoms with Crippen LogP contribution >= 0.6 is 22.9 Å². The Hall–Kier alpha value is -2.36. The largest absolute Gasteiger partial charge is 0.425 e. The molecule has 1 N–H and O–H groups in total. The normalized spacial score (nSPS) is 9.91. The molecule has 0 fully saturated rings. The molecule has 0 bridgehead atoms. The van der Waals surface area contributed by atoms with Crippen LogP contribution in [0.1, 0.15) is 28.1 Å². The number of halogens is 1. The van der Waals surface area contributed by atoms with Crippen molar-refractivity contribution in [2.45, 2.75) is 12.8 Å². The lowest BCUT2D eigenvalue weighted by Gasteiger charge is -2.07. The number of carbonyl (C=O) groups is 2. The number of ether oxygens (including phenoxy) is 1. The second-order valence-corrected chi connectivity index (χ2v) is 5.92. The number of rotatable bonds is 6. The Labute approximate surface area is 142 Å². The predicted octanol–water partition coefficient (Wildman–Crippen LogP) is 3.39. The van der Waals surface area contributed by atoms with Crippen LogP contribution in [0.4, 0.5) is 0 Å². The van der Waals surface area contributed by atoms with Gasteiger partial charge < -0.3 is 10.1 Å². The van der Waals surface area contributed by atoms with Crippen LogP contribution in [0.2, 0.25) is 5.02 Å². The standard InChI is InChI=1S/C16H13ClN2O3S/c17-12-9-11(10-18)5-6-13(12)22-15(20)4-1-7-19-16(21)14-3-2-8-23-14/h2-3,5-6,8-9H,1,4,7H2,(H,19,21). The van der Waals surface area contributed by atoms with E-state index >= 15 is 0 Å². The van der Waals surface area contributed by atoms with Gasteiger partial charge in [0.15, 0.2) is 0 Å². The van der Waals surface area contributed by atoms with Gasteiger partial charge in [0.25, 0.3) is 5.91 Å². The zero-order valence-electron chi connectivity index (χ0n) is 12.0. The molecule has 0 radical (unpaired) electrons. The molecular weight excluding hydrogens is 336 g/mol. The summed E-state index contributed by atoms with van der Waals surface area (Å²) in [6.07, 6.45) is 0.616. The van der Waals surface area contributed by atoms with Crippen molar-refractivity contribution >= 4 is 34.8 Å². The zero-order chi connectivity index (χ0) is 16.7. The SMILES string of the molecule is N#Cc1ccc(OC(=O)CCCNC(=O)c2cccs2)c(Cl)c1. The average molecular weight is 349 g/mol. The molecule has 0 unspecified atom stereocenters. The van der Waals surface area contributed by atoms with Crippen molar-refractivity contribution in [1.82, 2.24) is 5.32 Å². The van der Waals surface area contributed by atoms with Gasteiger partial charge >= 0.3 is 5.97 Å². The van der Waals surface area contributed by atoms with E-state index in [0.29, 0.717) is 23.4 Å². The molecular formula is C16H13ClN2O3S. The van der Waals surface area contributed by atoms with Crippen molar-refractivity contribution in [2.24, 2.45) is 0 Å². The number of hydrogen-bond donors (Lipinski definition) is 1. The van der Waals surface area contributed by atoms with Gasteiger partial charge in [-0.15, -0.1) is 11.3 Å². The first-order chi connectivity index (χ1) is 11.1. The van der Waals surface area contributed by atoms with Crippen LogP contribution < -0.4 is 10.1 Å². The average Bonchev–Trinajstić information content (AvgIpc) is 3.08. The predicted molar refractivity (Wildman–Crippen MR) is 87.7 cm³/mol. The third kappa shape index (κ3) is 5.09. The van der Waals surface area contributed by atoms with E-state index in [9.17, 15) is 9.59 Å². The molecule has 1 aromatic heterocycles. The van der Waals surface area contributed by atoms with Crippen molar-refractivity contribution in [3.8, 4) is 11.8 Å². The summed E-state index contributed by atoms with van der Waals surface area (Å²) in [6, 6.07) is 9.93. The molecule has 0 saturated heterocycles. The minimum atomic E-state index is -0.443. The van der Waals surface area contributed by atoms with E-state index < -0.39 is 5.97 Å². The molecule has 118 valence electrons. The number of nitrogens with one attached hydrogen (secondary N) is 1. The molecule has 0 atom stereocenters. The lowest BCUT2D eigenvalue weighted by molar-refractivity contribution is -0.134. The molecule has 23 heavy (non-hydrogen) atoms. The Morgan fingerprint density at radius 3 is 2.83 bits per heavy atom. The number of amides is 1. The monoisotopic (exact) mass is 348 g/mol. The molecule has 1 aromatic carbocycles. The van der Waals surface area contributed by atoms with E-state index in [2.05, 4.69) is 5.32 Å². The van der Waals surface area contributed by atoms with E-state index in [1.54, 1.807) is 12.1 Å². The number of nitrogens with zero attached hydrogens (tertiary/aromatic N) is 1. The van der Waals surface area contributed by atoms with E-state index in [-0.39, 0.29) is 23.1 Å². The highest BCUT2D eigenvalue weighted by molar-refractivity contribution is 7.12. The Balaban J connectivity index is 1.73. The molecule has 0 saturated carbocycles. The first-order valence-electron chi connectivity index (χ1n) is 6.82. The van der Waals surface area contributed by atoms with Crippen LogP contribution in [0.25, 0.3) is 0 Å². The van der Waals surface area contributed by atoms with Gasteiger partial charge in [-0.1, -0.05) is 17.7 Å². The summed E-state index contributed by atoms with van der Waals surface area (Å²) in [5.41, 5.74) is 0.395. The van der Waals surface area contributed by atoms with E-state index in [0.717, 1.165) is 0 Å². The maximum absolute atomic E-state index is 11.7. The van der Waals surface area contributed by atoms with Crippen molar-refractivity contribution in [2.75, 3.05) is 6.54 Å². The highest BCUT2D eigenvalue weighted by atomic mass is 35.5. The zero-order valence-corrected chi connectivity index (χ0v) is 13.6. The molecule has 0 spiro atoms. The summed E-state index contributed by atoms with van der Waals surface area (Å²) in [5.74, 6) is -0.372. The van der Waals surface area contributed by atoms with Gasteiger partial charge in [-0.3, -0.25) is 9.59 Å². The molecule has 0 aliphatic rings. The quantitative estimate of drug-likeness (QED) is 0.493. The molecule has 7 heteroatoms. The Morgan fingerprint density at radius 2 is 2.17 bits per heavy atom. The van der Waals surface area contributed by atoms with Crippen molar-refractivity contribution in [3.63, 3.8) is 0 Å². The van der Waals surface area contributed by atoms with Gasteiger partial charge in [-0.05, 0) is 36.1 Å². The fourth-order valence-electron chi connectivity index (χ4n) is 1.76. The second kappa shape index (κ2) is 8.32. The van der Waals surface area contributed by atoms with E-state index in [4.69, 9.17) is 21.6 Å². The second-order valence-electron chi connectivity index (χ2n) is 4.57. The maximum Gasteiger partial charge on any atom is 0.311 e. The third-order valence-corrected chi connectivity index (χ3v) is 4.04. The third-order valence-electron chi connectivity index (χ3n) is 2.87. The Bertz CT molecular complexity index is 738. The molecule has 5 nitrogen and oxygen atoms in total. The Morgan fingerprint density at radius 1 is 1.35 bits per heavy atom. The molecule has 1 heterocycles. The highest BCUT2D eigenvalue weighted by Gasteiger charge is 2.10. The minimum Gasteiger partial charge on any atom is -0.425 e. The van der Waals surface area contributed by atoms with Crippen molar-refractivity contribution in [3.05, 3.63) is 51.2 Å². The van der Waals surface area contributed by atoms with Gasteiger partial charge in [0.05, 0.1) is 21.5 Å². The summed E-state index contributed by atoms with van der Waals surface area (Å²) in [5, 5.41) is 13.5. The summed E-state index contributed by atoms with van der Waals surface area (Å²) >= 11 is 7.29. The van der Waals surface area contributed by atoms with E-state index in [1.807, 2.05) is 11.4 Å². The lowest BCUT2D eigenvalue weighted by Crippen LogP contribution is -2.24. The van der Waals surface area contributed by atoms with Crippen LogP contribution in [-0.2, 0) is 4.79 Å². The van der Waals surface area contributed by atoms with Crippen LogP contribution in [0.5, 0.6) is 5.75 Å². The molecule has 1 amide bonds. The van der Waals surface area contributed by atoms with Crippen LogP contribution in [-0.4, -0.2) is 18.4 Å². The summed E-state index contributed by atoms with van der Waals surface area (Å²) < 4.78 is 5.13. The number of benzene rings is 1. The summed E-state index contributed by atoms with van der Waals surface area (Å²) in [6.45, 7) is 0.382. The number of nitriles is 1. The van der Waals surface area contributed by atoms with Gasteiger partial charge in [0, 0.05) is 13.0 Å². The van der Waals surface area contributed by atoms with Crippen LogP contribution in [0, 0.1) is 11.3 Å². The number of thiophene rings is 1. The summed E-state index contributed by atoms with van der Waals surface area (Å²) in [7, 11) is 0. The van der Waals surface area contributed by atoms with Gasteiger partial charge in [-0.25, -0.2) is 0 Å². The van der Waals surface area contributed by atoms with E-state index in [1.165, 1.54) is 29.5 Å². The molecule has 0 aliphatic heterocycles. The first-order valence-corrected chi connectivity index (χ1v) is 8.08. The van der Waals surface area contributed by atoms with Gasteiger partial charge in [0.1, 0.15) is 5.75 Å². The van der Waals surface area contributed by atoms with Gasteiger partial charge in [-0.2, -0.15) is 5.26 Å². The molecule has 0 aliphatic carbocycles. The topological polar surface area (TPSA) is 79.2 Å². The van der Waals surface area contributed by atoms with Crippen molar-refractivity contribution < 1.29 is 14.3 Å². The lowest BCUT2D eigenvalue weighted by atomic mass is 10.2. The minimum absolute atomic E-state index is 0.150.